The highest BCUT2D eigenvalue weighted by molar-refractivity contribution is 7.96. The first-order valence-electron chi connectivity index (χ1n) is 5.13. The molecule has 0 unspecified atom stereocenters. The summed E-state index contributed by atoms with van der Waals surface area (Å²) in [6.45, 7) is 15.0. The Balaban J connectivity index is 4.76. The van der Waals surface area contributed by atoms with Crippen LogP contribution in [0.3, 0.4) is 0 Å². The lowest BCUT2D eigenvalue weighted by molar-refractivity contribution is -0.120. The maximum Gasteiger partial charge on any atom is 0.191 e. The fraction of sp³-hybridized carbons (Fsp3) is 0.917. The van der Waals surface area contributed by atoms with Gasteiger partial charge in [-0.25, -0.2) is 0 Å². The molecule has 0 saturated heterocycles. The maximum atomic E-state index is 11.3. The van der Waals surface area contributed by atoms with Gasteiger partial charge in [0.15, 0.2) is 5.12 Å². The third-order valence-electron chi connectivity index (χ3n) is 3.49. The minimum absolute atomic E-state index is 0.0187. The summed E-state index contributed by atoms with van der Waals surface area (Å²) in [4.78, 5) is 11.3. The zero-order chi connectivity index (χ0) is 11.8. The summed E-state index contributed by atoms with van der Waals surface area (Å²) in [7, 11) is 0. The van der Waals surface area contributed by atoms with E-state index in [0.29, 0.717) is 0 Å². The van der Waals surface area contributed by atoms with Gasteiger partial charge in [0.2, 0.25) is 0 Å². The summed E-state index contributed by atoms with van der Waals surface area (Å²) in [5.41, 5.74) is 0.00226. The molecular weight excluding hydrogens is 192 g/mol. The van der Waals surface area contributed by atoms with Crippen LogP contribution in [0.2, 0.25) is 0 Å². The third kappa shape index (κ3) is 3.30. The van der Waals surface area contributed by atoms with Crippen LogP contribution < -0.4 is 0 Å². The predicted octanol–water partition coefficient (Wildman–Crippen LogP) is 3.93. The Morgan fingerprint density at radius 1 is 1.00 bits per heavy atom. The van der Waals surface area contributed by atoms with Crippen molar-refractivity contribution in [3.05, 3.63) is 0 Å². The monoisotopic (exact) mass is 216 g/mol. The molecule has 0 N–H and O–H groups in total. The lowest BCUT2D eigenvalue weighted by Crippen LogP contribution is -2.36. The van der Waals surface area contributed by atoms with Crippen LogP contribution in [-0.4, -0.2) is 5.12 Å². The second-order valence-electron chi connectivity index (χ2n) is 6.50. The standard InChI is InChI=1S/C12H24OS/c1-10(2,3)12(6,7)8-11(4,5)9(13)14/h8H2,1-7H3,(H,13,14). The number of thiol groups is 1. The Hall–Kier alpha value is 0.0200. The molecule has 84 valence electrons. The summed E-state index contributed by atoms with van der Waals surface area (Å²) in [5.74, 6) is 0. The van der Waals surface area contributed by atoms with E-state index in [1.165, 1.54) is 0 Å². The number of carbonyl (C=O) groups excluding carboxylic acids is 1. The lowest BCUT2D eigenvalue weighted by atomic mass is 9.62. The molecule has 0 bridgehead atoms. The number of hydrogen-bond donors (Lipinski definition) is 1. The summed E-state index contributed by atoms with van der Waals surface area (Å²) in [5, 5.41) is -0.0187. The van der Waals surface area contributed by atoms with Crippen molar-refractivity contribution in [2.45, 2.75) is 54.9 Å². The van der Waals surface area contributed by atoms with Gasteiger partial charge in [-0.1, -0.05) is 48.5 Å². The molecule has 0 aromatic heterocycles. The van der Waals surface area contributed by atoms with Crippen LogP contribution in [0.15, 0.2) is 0 Å². The average Bonchev–Trinajstić information content (AvgIpc) is 1.80. The van der Waals surface area contributed by atoms with E-state index in [0.717, 1.165) is 6.42 Å². The fourth-order valence-electron chi connectivity index (χ4n) is 1.45. The number of carbonyl (C=O) groups is 1. The molecule has 0 saturated carbocycles. The van der Waals surface area contributed by atoms with Gasteiger partial charge in [-0.2, -0.15) is 0 Å². The largest absolute Gasteiger partial charge is 0.287 e. The van der Waals surface area contributed by atoms with Gasteiger partial charge < -0.3 is 0 Å². The van der Waals surface area contributed by atoms with E-state index in [1.54, 1.807) is 0 Å². The molecule has 0 heterocycles. The average molecular weight is 216 g/mol. The zero-order valence-electron chi connectivity index (χ0n) is 10.6. The Morgan fingerprint density at radius 2 is 1.36 bits per heavy atom. The highest BCUT2D eigenvalue weighted by Crippen LogP contribution is 2.46. The highest BCUT2D eigenvalue weighted by Gasteiger charge is 2.39. The minimum atomic E-state index is -0.333. The Labute approximate surface area is 94.1 Å². The second kappa shape index (κ2) is 3.88. The minimum Gasteiger partial charge on any atom is -0.287 e. The van der Waals surface area contributed by atoms with Gasteiger partial charge in [0.25, 0.3) is 0 Å². The van der Waals surface area contributed by atoms with Crippen LogP contribution in [0.5, 0.6) is 0 Å². The van der Waals surface area contributed by atoms with E-state index in [1.807, 2.05) is 13.8 Å². The zero-order valence-corrected chi connectivity index (χ0v) is 11.5. The molecule has 0 aliphatic carbocycles. The summed E-state index contributed by atoms with van der Waals surface area (Å²) >= 11 is 3.95. The highest BCUT2D eigenvalue weighted by atomic mass is 32.1. The van der Waals surface area contributed by atoms with Gasteiger partial charge >= 0.3 is 0 Å². The van der Waals surface area contributed by atoms with E-state index >= 15 is 0 Å². The van der Waals surface area contributed by atoms with Gasteiger partial charge in [0.05, 0.1) is 0 Å². The SMILES string of the molecule is CC(C)(CC(C)(C)C(C)(C)C)C(=O)S. The smallest absolute Gasteiger partial charge is 0.191 e. The normalized spacial score (nSPS) is 14.3. The fourth-order valence-corrected chi connectivity index (χ4v) is 1.52. The Kier molecular flexibility index (Phi) is 3.89. The molecule has 0 atom stereocenters. The van der Waals surface area contributed by atoms with Gasteiger partial charge in [-0.15, -0.1) is 12.6 Å². The van der Waals surface area contributed by atoms with E-state index in [2.05, 4.69) is 47.2 Å². The van der Waals surface area contributed by atoms with Gasteiger partial charge in [0, 0.05) is 5.41 Å². The van der Waals surface area contributed by atoms with Gasteiger partial charge in [-0.3, -0.25) is 4.79 Å². The van der Waals surface area contributed by atoms with Crippen molar-refractivity contribution in [2.24, 2.45) is 16.2 Å². The van der Waals surface area contributed by atoms with Crippen molar-refractivity contribution >= 4 is 17.7 Å². The molecule has 0 spiro atoms. The summed E-state index contributed by atoms with van der Waals surface area (Å²) in [6, 6.07) is 0. The Bertz CT molecular complexity index is 221. The molecule has 1 nitrogen and oxygen atoms in total. The van der Waals surface area contributed by atoms with Crippen molar-refractivity contribution in [1.82, 2.24) is 0 Å². The molecule has 2 heteroatoms. The molecule has 0 amide bonds. The molecule has 0 radical (unpaired) electrons. The van der Waals surface area contributed by atoms with E-state index < -0.39 is 0 Å². The molecule has 14 heavy (non-hydrogen) atoms. The van der Waals surface area contributed by atoms with Crippen molar-refractivity contribution in [3.63, 3.8) is 0 Å². The van der Waals surface area contributed by atoms with Crippen LogP contribution in [0.1, 0.15) is 54.9 Å². The van der Waals surface area contributed by atoms with Crippen LogP contribution in [0.25, 0.3) is 0 Å². The lowest BCUT2D eigenvalue weighted by Gasteiger charge is -2.43. The number of rotatable bonds is 3. The topological polar surface area (TPSA) is 17.1 Å². The van der Waals surface area contributed by atoms with Gasteiger partial charge in [-0.05, 0) is 17.3 Å². The quantitative estimate of drug-likeness (QED) is 0.707. The molecule has 0 fully saturated rings. The first kappa shape index (κ1) is 14.0. The molecule has 0 rings (SSSR count). The second-order valence-corrected chi connectivity index (χ2v) is 6.91. The summed E-state index contributed by atoms with van der Waals surface area (Å²) in [6.07, 6.45) is 0.867. The van der Waals surface area contributed by atoms with Crippen molar-refractivity contribution in [1.29, 1.82) is 0 Å². The molecule has 0 aromatic carbocycles. The number of hydrogen-bond acceptors (Lipinski definition) is 1. The predicted molar refractivity (Wildman–Crippen MR) is 65.6 cm³/mol. The molecule has 0 aromatic rings. The van der Waals surface area contributed by atoms with Crippen LogP contribution in [0.4, 0.5) is 0 Å². The Morgan fingerprint density at radius 3 is 1.57 bits per heavy atom. The van der Waals surface area contributed by atoms with Gasteiger partial charge in [0.1, 0.15) is 0 Å². The van der Waals surface area contributed by atoms with Crippen LogP contribution >= 0.6 is 12.6 Å². The van der Waals surface area contributed by atoms with E-state index in [4.69, 9.17) is 0 Å². The first-order chi connectivity index (χ1) is 5.90. The van der Waals surface area contributed by atoms with Crippen LogP contribution in [0, 0.1) is 16.2 Å². The van der Waals surface area contributed by atoms with Crippen LogP contribution in [-0.2, 0) is 4.79 Å². The van der Waals surface area contributed by atoms with Crippen molar-refractivity contribution in [3.8, 4) is 0 Å². The maximum absolute atomic E-state index is 11.3. The van der Waals surface area contributed by atoms with Crippen molar-refractivity contribution in [2.75, 3.05) is 0 Å². The van der Waals surface area contributed by atoms with E-state index in [-0.39, 0.29) is 21.4 Å². The van der Waals surface area contributed by atoms with Crippen molar-refractivity contribution < 1.29 is 4.79 Å². The third-order valence-corrected chi connectivity index (χ3v) is 4.10. The molecular formula is C12H24OS. The molecule has 0 aliphatic heterocycles. The van der Waals surface area contributed by atoms with E-state index in [9.17, 15) is 4.79 Å². The molecule has 0 aliphatic rings. The first-order valence-corrected chi connectivity index (χ1v) is 5.58. The summed E-state index contributed by atoms with van der Waals surface area (Å²) < 4.78 is 0.